The van der Waals surface area contributed by atoms with Gasteiger partial charge in [-0.1, -0.05) is 24.3 Å². The highest BCUT2D eigenvalue weighted by molar-refractivity contribution is 5.31. The van der Waals surface area contributed by atoms with Crippen LogP contribution < -0.4 is 5.32 Å². The molecule has 2 heterocycles. The smallest absolute Gasteiger partial charge is 0.0535 e. The average molecular weight is 260 g/mol. The Balaban J connectivity index is 1.62. The number of hydrogen-bond acceptors (Lipinski definition) is 3. The summed E-state index contributed by atoms with van der Waals surface area (Å²) in [5.74, 6) is 0.624. The van der Waals surface area contributed by atoms with E-state index in [1.807, 2.05) is 0 Å². The van der Waals surface area contributed by atoms with Crippen LogP contribution in [0.3, 0.4) is 0 Å². The molecule has 1 atom stereocenters. The molecule has 0 saturated carbocycles. The predicted molar refractivity (Wildman–Crippen MR) is 77.6 cm³/mol. The van der Waals surface area contributed by atoms with Gasteiger partial charge in [0.15, 0.2) is 0 Å². The molecule has 3 heteroatoms. The Labute approximate surface area is 115 Å². The van der Waals surface area contributed by atoms with Gasteiger partial charge in [0.25, 0.3) is 0 Å². The second-order valence-corrected chi connectivity index (χ2v) is 5.60. The first-order chi connectivity index (χ1) is 9.43. The summed E-state index contributed by atoms with van der Waals surface area (Å²) in [4.78, 5) is 2.57. The second-order valence-electron chi connectivity index (χ2n) is 5.60. The first-order valence-electron chi connectivity index (χ1n) is 7.52. The summed E-state index contributed by atoms with van der Waals surface area (Å²) < 4.78 is 5.54. The van der Waals surface area contributed by atoms with E-state index in [1.54, 1.807) is 0 Å². The molecule has 0 aliphatic carbocycles. The third-order valence-electron chi connectivity index (χ3n) is 4.33. The minimum absolute atomic E-state index is 0.624. The first kappa shape index (κ1) is 13.1. The Bertz CT molecular complexity index is 395. The summed E-state index contributed by atoms with van der Waals surface area (Å²) in [6.07, 6.45) is 2.36. The summed E-state index contributed by atoms with van der Waals surface area (Å²) >= 11 is 0. The Morgan fingerprint density at radius 2 is 2.05 bits per heavy atom. The number of benzene rings is 1. The van der Waals surface area contributed by atoms with Gasteiger partial charge in [-0.05, 0) is 24.0 Å². The fourth-order valence-corrected chi connectivity index (χ4v) is 3.15. The number of ether oxygens (including phenoxy) is 1. The van der Waals surface area contributed by atoms with Crippen LogP contribution in [0.25, 0.3) is 0 Å². The molecule has 1 N–H and O–H groups in total. The van der Waals surface area contributed by atoms with E-state index >= 15 is 0 Å². The molecule has 2 aliphatic heterocycles. The van der Waals surface area contributed by atoms with Crippen molar-refractivity contribution in [3.63, 3.8) is 0 Å². The fraction of sp³-hybridized carbons (Fsp3) is 0.625. The van der Waals surface area contributed by atoms with Gasteiger partial charge in [-0.15, -0.1) is 0 Å². The summed E-state index contributed by atoms with van der Waals surface area (Å²) in [6.45, 7) is 7.67. The zero-order valence-electron chi connectivity index (χ0n) is 11.6. The molecule has 0 amide bonds. The van der Waals surface area contributed by atoms with Crippen molar-refractivity contribution in [2.45, 2.75) is 18.8 Å². The highest BCUT2D eigenvalue weighted by Crippen LogP contribution is 2.28. The predicted octanol–water partition coefficient (Wildman–Crippen LogP) is 1.64. The van der Waals surface area contributed by atoms with Gasteiger partial charge in [0.05, 0.1) is 6.61 Å². The van der Waals surface area contributed by atoms with Gasteiger partial charge < -0.3 is 15.0 Å². The van der Waals surface area contributed by atoms with Crippen LogP contribution in [0.4, 0.5) is 0 Å². The van der Waals surface area contributed by atoms with Crippen LogP contribution in [0.1, 0.15) is 23.5 Å². The van der Waals surface area contributed by atoms with Crippen LogP contribution in [-0.2, 0) is 11.2 Å². The molecule has 0 aromatic heterocycles. The SMILES string of the molecule is c1ccc(C2CCOC2)c(CCN2CCNCC2)c1. The van der Waals surface area contributed by atoms with E-state index < -0.39 is 0 Å². The van der Waals surface area contributed by atoms with E-state index in [1.165, 1.54) is 43.6 Å². The van der Waals surface area contributed by atoms with Crippen molar-refractivity contribution in [3.8, 4) is 0 Å². The monoisotopic (exact) mass is 260 g/mol. The maximum Gasteiger partial charge on any atom is 0.0535 e. The summed E-state index contributed by atoms with van der Waals surface area (Å²) in [6, 6.07) is 8.94. The third-order valence-corrected chi connectivity index (χ3v) is 4.33. The van der Waals surface area contributed by atoms with Gasteiger partial charge >= 0.3 is 0 Å². The quantitative estimate of drug-likeness (QED) is 0.890. The Kier molecular flexibility index (Phi) is 4.49. The van der Waals surface area contributed by atoms with E-state index in [9.17, 15) is 0 Å². The minimum atomic E-state index is 0.624. The number of rotatable bonds is 4. The normalized spacial score (nSPS) is 24.7. The van der Waals surface area contributed by atoms with E-state index in [0.29, 0.717) is 5.92 Å². The fourth-order valence-electron chi connectivity index (χ4n) is 3.15. The highest BCUT2D eigenvalue weighted by atomic mass is 16.5. The van der Waals surface area contributed by atoms with Crippen LogP contribution in [0.15, 0.2) is 24.3 Å². The van der Waals surface area contributed by atoms with Crippen LogP contribution in [-0.4, -0.2) is 50.8 Å². The van der Waals surface area contributed by atoms with Crippen molar-refractivity contribution in [1.82, 2.24) is 10.2 Å². The topological polar surface area (TPSA) is 24.5 Å². The molecule has 2 fully saturated rings. The van der Waals surface area contributed by atoms with Gasteiger partial charge in [-0.3, -0.25) is 0 Å². The zero-order chi connectivity index (χ0) is 12.9. The van der Waals surface area contributed by atoms with Crippen molar-refractivity contribution in [1.29, 1.82) is 0 Å². The van der Waals surface area contributed by atoms with E-state index in [4.69, 9.17) is 4.74 Å². The molecule has 19 heavy (non-hydrogen) atoms. The maximum absolute atomic E-state index is 5.54. The second kappa shape index (κ2) is 6.51. The lowest BCUT2D eigenvalue weighted by atomic mass is 9.92. The van der Waals surface area contributed by atoms with E-state index in [0.717, 1.165) is 26.3 Å². The number of nitrogens with one attached hydrogen (secondary N) is 1. The summed E-state index contributed by atoms with van der Waals surface area (Å²) in [5.41, 5.74) is 3.05. The van der Waals surface area contributed by atoms with Crippen LogP contribution in [0.2, 0.25) is 0 Å². The van der Waals surface area contributed by atoms with Crippen molar-refractivity contribution < 1.29 is 4.74 Å². The van der Waals surface area contributed by atoms with Gasteiger partial charge in [0, 0.05) is 45.2 Å². The third kappa shape index (κ3) is 3.35. The van der Waals surface area contributed by atoms with Crippen LogP contribution in [0.5, 0.6) is 0 Å². The van der Waals surface area contributed by atoms with Crippen LogP contribution >= 0.6 is 0 Å². The van der Waals surface area contributed by atoms with Crippen molar-refractivity contribution in [2.75, 3.05) is 45.9 Å². The lowest BCUT2D eigenvalue weighted by molar-refractivity contribution is 0.193. The Morgan fingerprint density at radius 3 is 2.84 bits per heavy atom. The van der Waals surface area contributed by atoms with E-state index in [2.05, 4.69) is 34.5 Å². The van der Waals surface area contributed by atoms with Crippen molar-refractivity contribution >= 4 is 0 Å². The summed E-state index contributed by atoms with van der Waals surface area (Å²) in [7, 11) is 0. The van der Waals surface area contributed by atoms with Gasteiger partial charge in [0.2, 0.25) is 0 Å². The Morgan fingerprint density at radius 1 is 1.21 bits per heavy atom. The highest BCUT2D eigenvalue weighted by Gasteiger charge is 2.20. The molecule has 0 spiro atoms. The largest absolute Gasteiger partial charge is 0.381 e. The Hall–Kier alpha value is -0.900. The lowest BCUT2D eigenvalue weighted by Gasteiger charge is -2.27. The maximum atomic E-state index is 5.54. The molecule has 2 saturated heterocycles. The molecule has 3 rings (SSSR count). The van der Waals surface area contributed by atoms with Crippen molar-refractivity contribution in [3.05, 3.63) is 35.4 Å². The molecule has 1 aromatic carbocycles. The minimum Gasteiger partial charge on any atom is -0.381 e. The molecule has 0 bridgehead atoms. The van der Waals surface area contributed by atoms with Crippen molar-refractivity contribution in [2.24, 2.45) is 0 Å². The molecule has 104 valence electrons. The zero-order valence-corrected chi connectivity index (χ0v) is 11.6. The van der Waals surface area contributed by atoms with E-state index in [-0.39, 0.29) is 0 Å². The molecular weight excluding hydrogens is 236 g/mol. The molecule has 0 radical (unpaired) electrons. The number of hydrogen-bond donors (Lipinski definition) is 1. The number of piperazine rings is 1. The molecule has 1 aromatic rings. The van der Waals surface area contributed by atoms with Crippen LogP contribution in [0, 0.1) is 0 Å². The molecule has 3 nitrogen and oxygen atoms in total. The van der Waals surface area contributed by atoms with Gasteiger partial charge in [0.1, 0.15) is 0 Å². The lowest BCUT2D eigenvalue weighted by Crippen LogP contribution is -2.44. The summed E-state index contributed by atoms with van der Waals surface area (Å²) in [5, 5.41) is 3.41. The average Bonchev–Trinajstić information content (AvgIpc) is 3.01. The molecule has 1 unspecified atom stereocenters. The molecule has 2 aliphatic rings. The molecular formula is C16H24N2O. The van der Waals surface area contributed by atoms with Gasteiger partial charge in [-0.25, -0.2) is 0 Å². The first-order valence-corrected chi connectivity index (χ1v) is 7.52. The number of nitrogens with zero attached hydrogens (tertiary/aromatic N) is 1. The van der Waals surface area contributed by atoms with Gasteiger partial charge in [-0.2, -0.15) is 0 Å². The standard InChI is InChI=1S/C16H24N2O/c1-2-4-16(15-6-12-19-13-15)14(3-1)5-9-18-10-7-17-8-11-18/h1-4,15,17H,5-13H2.